The topological polar surface area (TPSA) is 78.5 Å². The van der Waals surface area contributed by atoms with E-state index >= 15 is 0 Å². The standard InChI is InChI=1S/C22H19Cl2N3O3/c23-15-6-7-18(16(24)12-15)25-19(28)8-9-20(29)27-11-3-10-22(27)13-14-4-1-2-5-17(14)26-21(22)30/h1-2,4-9,12H,3,10-11,13H2,(H,25,28)(H,26,30). The Balaban J connectivity index is 1.49. The van der Waals surface area contributed by atoms with Gasteiger partial charge in [0.25, 0.3) is 5.91 Å². The highest BCUT2D eigenvalue weighted by Crippen LogP contribution is 2.39. The molecular weight excluding hydrogens is 425 g/mol. The Morgan fingerprint density at radius 2 is 1.93 bits per heavy atom. The molecule has 0 aromatic heterocycles. The summed E-state index contributed by atoms with van der Waals surface area (Å²) in [7, 11) is 0. The Morgan fingerprint density at radius 3 is 2.73 bits per heavy atom. The summed E-state index contributed by atoms with van der Waals surface area (Å²) in [5, 5.41) is 6.29. The van der Waals surface area contributed by atoms with E-state index in [1.807, 2.05) is 24.3 Å². The van der Waals surface area contributed by atoms with E-state index in [0.29, 0.717) is 35.1 Å². The van der Waals surface area contributed by atoms with Crippen LogP contribution in [0, 0.1) is 0 Å². The predicted octanol–water partition coefficient (Wildman–Crippen LogP) is 4.04. The number of likely N-dealkylation sites (tertiary alicyclic amines) is 1. The van der Waals surface area contributed by atoms with Crippen LogP contribution in [0.25, 0.3) is 0 Å². The molecule has 8 heteroatoms. The van der Waals surface area contributed by atoms with E-state index in [1.165, 1.54) is 12.1 Å². The monoisotopic (exact) mass is 443 g/mol. The van der Waals surface area contributed by atoms with Crippen LogP contribution in [0.3, 0.4) is 0 Å². The average molecular weight is 444 g/mol. The van der Waals surface area contributed by atoms with Crippen LogP contribution in [0.15, 0.2) is 54.6 Å². The molecule has 2 aromatic carbocycles. The van der Waals surface area contributed by atoms with E-state index in [-0.39, 0.29) is 11.8 Å². The molecule has 0 bridgehead atoms. The molecule has 1 unspecified atom stereocenters. The maximum atomic E-state index is 12.9. The number of fused-ring (bicyclic) bond motifs is 1. The Hall–Kier alpha value is -2.83. The third-order valence-electron chi connectivity index (χ3n) is 5.49. The molecule has 3 amide bonds. The molecule has 0 radical (unpaired) electrons. The number of benzene rings is 2. The van der Waals surface area contributed by atoms with Gasteiger partial charge in [-0.25, -0.2) is 0 Å². The van der Waals surface area contributed by atoms with Gasteiger partial charge in [-0.2, -0.15) is 0 Å². The van der Waals surface area contributed by atoms with Crippen molar-refractivity contribution in [1.29, 1.82) is 0 Å². The Bertz CT molecular complexity index is 1070. The van der Waals surface area contributed by atoms with E-state index in [0.717, 1.165) is 23.7 Å². The second-order valence-corrected chi connectivity index (χ2v) is 8.20. The molecule has 2 heterocycles. The average Bonchev–Trinajstić information content (AvgIpc) is 3.13. The number of amides is 3. The van der Waals surface area contributed by atoms with Crippen molar-refractivity contribution in [3.63, 3.8) is 0 Å². The number of rotatable bonds is 3. The SMILES string of the molecule is O=C(C=CC(=O)N1CCCC12Cc1ccccc1NC2=O)Nc1ccc(Cl)cc1Cl. The van der Waals surface area contributed by atoms with Crippen LogP contribution in [0.4, 0.5) is 11.4 Å². The minimum Gasteiger partial charge on any atom is -0.324 e. The summed E-state index contributed by atoms with van der Waals surface area (Å²) in [5.41, 5.74) is 1.24. The number of carbonyl (C=O) groups excluding carboxylic acids is 3. The molecule has 1 atom stereocenters. The second-order valence-electron chi connectivity index (χ2n) is 7.36. The van der Waals surface area contributed by atoms with E-state index in [1.54, 1.807) is 17.0 Å². The molecule has 154 valence electrons. The van der Waals surface area contributed by atoms with Gasteiger partial charge in [0.2, 0.25) is 11.8 Å². The molecule has 4 rings (SSSR count). The Labute approximate surface area is 183 Å². The fourth-order valence-corrected chi connectivity index (χ4v) is 4.51. The summed E-state index contributed by atoms with van der Waals surface area (Å²) in [6, 6.07) is 12.3. The van der Waals surface area contributed by atoms with Crippen LogP contribution in [-0.2, 0) is 20.8 Å². The number of hydrogen-bond acceptors (Lipinski definition) is 3. The van der Waals surface area contributed by atoms with Crippen molar-refractivity contribution < 1.29 is 14.4 Å². The summed E-state index contributed by atoms with van der Waals surface area (Å²) in [5.74, 6) is -1.06. The highest BCUT2D eigenvalue weighted by Gasteiger charge is 2.51. The van der Waals surface area contributed by atoms with Gasteiger partial charge in [0.1, 0.15) is 5.54 Å². The van der Waals surface area contributed by atoms with Crippen molar-refractivity contribution in [3.05, 3.63) is 70.2 Å². The number of nitrogens with zero attached hydrogens (tertiary/aromatic N) is 1. The summed E-state index contributed by atoms with van der Waals surface area (Å²) in [4.78, 5) is 39.6. The number of anilines is 2. The fourth-order valence-electron chi connectivity index (χ4n) is 4.05. The summed E-state index contributed by atoms with van der Waals surface area (Å²) in [6.45, 7) is 0.462. The fraction of sp³-hybridized carbons (Fsp3) is 0.227. The molecule has 2 aliphatic heterocycles. The molecule has 0 saturated carbocycles. The minimum atomic E-state index is -0.925. The summed E-state index contributed by atoms with van der Waals surface area (Å²) < 4.78 is 0. The molecule has 1 fully saturated rings. The Morgan fingerprint density at radius 1 is 1.13 bits per heavy atom. The molecule has 1 saturated heterocycles. The summed E-state index contributed by atoms with van der Waals surface area (Å²) >= 11 is 11.9. The van der Waals surface area contributed by atoms with Crippen molar-refractivity contribution >= 4 is 52.3 Å². The van der Waals surface area contributed by atoms with Gasteiger partial charge >= 0.3 is 0 Å². The van der Waals surface area contributed by atoms with Crippen LogP contribution in [0.2, 0.25) is 10.0 Å². The normalized spacial score (nSPS) is 20.3. The third kappa shape index (κ3) is 3.80. The van der Waals surface area contributed by atoms with Gasteiger partial charge < -0.3 is 15.5 Å². The summed E-state index contributed by atoms with van der Waals surface area (Å²) in [6.07, 6.45) is 4.11. The zero-order chi connectivity index (χ0) is 21.3. The smallest absolute Gasteiger partial charge is 0.250 e. The molecule has 0 aliphatic carbocycles. The number of nitrogens with one attached hydrogen (secondary N) is 2. The second kappa shape index (κ2) is 8.13. The van der Waals surface area contributed by atoms with Gasteiger partial charge in [-0.15, -0.1) is 0 Å². The minimum absolute atomic E-state index is 0.183. The van der Waals surface area contributed by atoms with Gasteiger partial charge in [0.15, 0.2) is 0 Å². The van der Waals surface area contributed by atoms with E-state index in [2.05, 4.69) is 10.6 Å². The molecule has 2 N–H and O–H groups in total. The maximum Gasteiger partial charge on any atom is 0.250 e. The largest absolute Gasteiger partial charge is 0.324 e. The van der Waals surface area contributed by atoms with E-state index in [9.17, 15) is 14.4 Å². The van der Waals surface area contributed by atoms with Gasteiger partial charge in [-0.1, -0.05) is 41.4 Å². The van der Waals surface area contributed by atoms with Gasteiger partial charge in [0, 0.05) is 35.8 Å². The van der Waals surface area contributed by atoms with Gasteiger partial charge in [0.05, 0.1) is 10.7 Å². The first-order valence-electron chi connectivity index (χ1n) is 9.54. The highest BCUT2D eigenvalue weighted by atomic mass is 35.5. The molecular formula is C22H19Cl2N3O3. The van der Waals surface area contributed by atoms with Gasteiger partial charge in [-0.05, 0) is 42.7 Å². The van der Waals surface area contributed by atoms with Crippen molar-refractivity contribution in [2.75, 3.05) is 17.2 Å². The van der Waals surface area contributed by atoms with Crippen LogP contribution in [0.5, 0.6) is 0 Å². The van der Waals surface area contributed by atoms with Crippen molar-refractivity contribution in [2.24, 2.45) is 0 Å². The van der Waals surface area contributed by atoms with Crippen molar-refractivity contribution in [2.45, 2.75) is 24.8 Å². The number of halogens is 2. The lowest BCUT2D eigenvalue weighted by molar-refractivity contribution is -0.139. The van der Waals surface area contributed by atoms with Crippen LogP contribution >= 0.6 is 23.2 Å². The first-order chi connectivity index (χ1) is 14.4. The number of carbonyl (C=O) groups is 3. The number of para-hydroxylation sites is 1. The first-order valence-corrected chi connectivity index (χ1v) is 10.3. The molecule has 2 aromatic rings. The zero-order valence-electron chi connectivity index (χ0n) is 16.0. The van der Waals surface area contributed by atoms with E-state index < -0.39 is 11.4 Å². The molecule has 1 spiro atoms. The lowest BCUT2D eigenvalue weighted by atomic mass is 9.83. The van der Waals surface area contributed by atoms with Crippen LogP contribution in [0.1, 0.15) is 18.4 Å². The molecule has 6 nitrogen and oxygen atoms in total. The predicted molar refractivity (Wildman–Crippen MR) is 117 cm³/mol. The Kier molecular flexibility index (Phi) is 5.54. The van der Waals surface area contributed by atoms with Gasteiger partial charge in [-0.3, -0.25) is 14.4 Å². The van der Waals surface area contributed by atoms with E-state index in [4.69, 9.17) is 23.2 Å². The zero-order valence-corrected chi connectivity index (χ0v) is 17.5. The lowest BCUT2D eigenvalue weighted by Gasteiger charge is -2.40. The van der Waals surface area contributed by atoms with Crippen LogP contribution in [-0.4, -0.2) is 34.7 Å². The number of hydrogen-bond donors (Lipinski definition) is 2. The first kappa shape index (κ1) is 20.4. The maximum absolute atomic E-state index is 12.9. The van der Waals surface area contributed by atoms with Crippen molar-refractivity contribution in [3.8, 4) is 0 Å². The van der Waals surface area contributed by atoms with Crippen LogP contribution < -0.4 is 10.6 Å². The highest BCUT2D eigenvalue weighted by molar-refractivity contribution is 6.36. The molecule has 2 aliphatic rings. The van der Waals surface area contributed by atoms with Crippen molar-refractivity contribution in [1.82, 2.24) is 4.90 Å². The lowest BCUT2D eigenvalue weighted by Crippen LogP contribution is -2.58. The third-order valence-corrected chi connectivity index (χ3v) is 6.04. The molecule has 30 heavy (non-hydrogen) atoms. The quantitative estimate of drug-likeness (QED) is 0.702.